The van der Waals surface area contributed by atoms with Crippen molar-refractivity contribution in [2.45, 2.75) is 30.4 Å². The van der Waals surface area contributed by atoms with Crippen molar-refractivity contribution in [2.24, 2.45) is 5.84 Å². The van der Waals surface area contributed by atoms with Gasteiger partial charge in [-0.05, 0) is 6.42 Å². The zero-order valence-electron chi connectivity index (χ0n) is 11.3. The van der Waals surface area contributed by atoms with Gasteiger partial charge in [-0.1, -0.05) is 31.1 Å². The minimum atomic E-state index is -3.71. The molecule has 8 nitrogen and oxygen atoms in total. The molecule has 1 rings (SSSR count). The van der Waals surface area contributed by atoms with E-state index >= 15 is 0 Å². The number of nitrogens with zero attached hydrogens (tertiary/aromatic N) is 2. The summed E-state index contributed by atoms with van der Waals surface area (Å²) in [6.45, 7) is 2.41. The maximum absolute atomic E-state index is 12.3. The Morgan fingerprint density at radius 2 is 2.15 bits per heavy atom. The Morgan fingerprint density at radius 1 is 1.50 bits per heavy atom. The molecule has 0 atom stereocenters. The molecular weight excluding hydrogens is 304 g/mol. The molecule has 0 fully saturated rings. The topological polar surface area (TPSA) is 119 Å². The van der Waals surface area contributed by atoms with Crippen LogP contribution in [0.15, 0.2) is 10.3 Å². The highest BCUT2D eigenvalue weighted by Crippen LogP contribution is 2.37. The second-order valence-electron chi connectivity index (χ2n) is 4.21. The largest absolute Gasteiger partial charge is 0.310 e. The molecule has 0 unspecified atom stereocenters. The Hall–Kier alpha value is -1.23. The quantitative estimate of drug-likeness (QED) is 0.326. The van der Waals surface area contributed by atoms with E-state index in [2.05, 4.69) is 5.43 Å². The van der Waals surface area contributed by atoms with Crippen molar-refractivity contribution in [3.8, 4) is 0 Å². The fourth-order valence-corrected chi connectivity index (χ4v) is 4.24. The fraction of sp³-hybridized carbons (Fsp3) is 0.600. The van der Waals surface area contributed by atoms with Gasteiger partial charge in [0.1, 0.15) is 4.21 Å². The van der Waals surface area contributed by atoms with Crippen LogP contribution in [-0.4, -0.2) is 31.2 Å². The molecule has 3 N–H and O–H groups in total. The predicted molar refractivity (Wildman–Crippen MR) is 78.1 cm³/mol. The Bertz CT molecular complexity index is 570. The third kappa shape index (κ3) is 3.66. The predicted octanol–water partition coefficient (Wildman–Crippen LogP) is 1.75. The maximum Gasteiger partial charge on any atom is 0.306 e. The lowest BCUT2D eigenvalue weighted by Crippen LogP contribution is -2.27. The molecule has 20 heavy (non-hydrogen) atoms. The van der Waals surface area contributed by atoms with Crippen LogP contribution in [-0.2, 0) is 10.0 Å². The van der Waals surface area contributed by atoms with Crippen LogP contribution in [0.25, 0.3) is 0 Å². The van der Waals surface area contributed by atoms with Crippen molar-refractivity contribution < 1.29 is 13.3 Å². The van der Waals surface area contributed by atoms with Gasteiger partial charge in [0.25, 0.3) is 10.0 Å². The number of nitrogens with one attached hydrogen (secondary N) is 1. The normalized spacial score (nSPS) is 11.8. The molecule has 0 saturated heterocycles. The molecule has 1 aromatic heterocycles. The number of nitro groups is 1. The first-order chi connectivity index (χ1) is 9.34. The van der Waals surface area contributed by atoms with Gasteiger partial charge < -0.3 is 5.43 Å². The number of nitrogen functional groups attached to an aromatic ring is 1. The molecule has 0 saturated carbocycles. The average molecular weight is 322 g/mol. The van der Waals surface area contributed by atoms with Gasteiger partial charge in [-0.15, -0.1) is 0 Å². The molecule has 0 aliphatic rings. The minimum Gasteiger partial charge on any atom is -0.310 e. The van der Waals surface area contributed by atoms with E-state index in [1.165, 1.54) is 11.4 Å². The first-order valence-corrected chi connectivity index (χ1v) is 8.31. The van der Waals surface area contributed by atoms with Gasteiger partial charge in [-0.3, -0.25) is 10.1 Å². The van der Waals surface area contributed by atoms with Gasteiger partial charge in [-0.25, -0.2) is 18.6 Å². The molecular formula is C10H18N4O4S2. The number of thiophene rings is 1. The van der Waals surface area contributed by atoms with E-state index in [0.29, 0.717) is 6.54 Å². The van der Waals surface area contributed by atoms with Crippen LogP contribution >= 0.6 is 11.3 Å². The fourth-order valence-electron chi connectivity index (χ4n) is 1.58. The Balaban J connectivity index is 3.00. The van der Waals surface area contributed by atoms with Crippen LogP contribution < -0.4 is 11.3 Å². The second-order valence-corrected chi connectivity index (χ2v) is 7.54. The molecule has 0 bridgehead atoms. The van der Waals surface area contributed by atoms with Gasteiger partial charge in [0.15, 0.2) is 5.00 Å². The third-order valence-corrected chi connectivity index (χ3v) is 6.12. The van der Waals surface area contributed by atoms with E-state index in [4.69, 9.17) is 5.84 Å². The first kappa shape index (κ1) is 16.8. The zero-order valence-corrected chi connectivity index (χ0v) is 13.0. The minimum absolute atomic E-state index is 0.0236. The third-order valence-electron chi connectivity index (χ3n) is 2.76. The summed E-state index contributed by atoms with van der Waals surface area (Å²) in [5.41, 5.74) is 1.82. The van der Waals surface area contributed by atoms with Crippen molar-refractivity contribution in [1.82, 2.24) is 4.31 Å². The highest BCUT2D eigenvalue weighted by atomic mass is 32.2. The van der Waals surface area contributed by atoms with Gasteiger partial charge in [-0.2, -0.15) is 0 Å². The molecule has 0 spiro atoms. The van der Waals surface area contributed by atoms with Crippen LogP contribution in [0.4, 0.5) is 10.7 Å². The molecule has 114 valence electrons. The number of hydrogen-bond donors (Lipinski definition) is 2. The van der Waals surface area contributed by atoms with Crippen molar-refractivity contribution in [3.05, 3.63) is 16.2 Å². The van der Waals surface area contributed by atoms with Crippen molar-refractivity contribution in [2.75, 3.05) is 19.0 Å². The number of hydrogen-bond acceptors (Lipinski definition) is 7. The van der Waals surface area contributed by atoms with Crippen LogP contribution in [0.3, 0.4) is 0 Å². The summed E-state index contributed by atoms with van der Waals surface area (Å²) in [6.07, 6.45) is 2.67. The molecule has 1 heterocycles. The van der Waals surface area contributed by atoms with E-state index in [-0.39, 0.29) is 14.9 Å². The highest BCUT2D eigenvalue weighted by Gasteiger charge is 2.28. The summed E-state index contributed by atoms with van der Waals surface area (Å²) in [5, 5.41) is 10.8. The lowest BCUT2D eigenvalue weighted by Gasteiger charge is -2.15. The number of nitrogens with two attached hydrogens (primary N) is 1. The van der Waals surface area contributed by atoms with E-state index in [0.717, 1.165) is 36.7 Å². The summed E-state index contributed by atoms with van der Waals surface area (Å²) in [7, 11) is -2.25. The lowest BCUT2D eigenvalue weighted by molar-refractivity contribution is -0.383. The highest BCUT2D eigenvalue weighted by molar-refractivity contribution is 7.91. The Morgan fingerprint density at radius 3 is 2.60 bits per heavy atom. The van der Waals surface area contributed by atoms with Crippen LogP contribution in [0.5, 0.6) is 0 Å². The molecule has 0 aromatic carbocycles. The van der Waals surface area contributed by atoms with Crippen LogP contribution in [0.1, 0.15) is 26.2 Å². The van der Waals surface area contributed by atoms with Gasteiger partial charge >= 0.3 is 5.69 Å². The van der Waals surface area contributed by atoms with Gasteiger partial charge in [0.2, 0.25) is 0 Å². The average Bonchev–Trinajstić information content (AvgIpc) is 2.83. The first-order valence-electron chi connectivity index (χ1n) is 6.05. The van der Waals surface area contributed by atoms with Crippen molar-refractivity contribution >= 4 is 32.0 Å². The number of hydrazine groups is 1. The van der Waals surface area contributed by atoms with E-state index in [9.17, 15) is 18.5 Å². The molecule has 0 amide bonds. The number of anilines is 1. The molecule has 1 aromatic rings. The molecule has 0 aliphatic carbocycles. The maximum atomic E-state index is 12.3. The summed E-state index contributed by atoms with van der Waals surface area (Å²) < 4.78 is 25.7. The molecule has 0 radical (unpaired) electrons. The van der Waals surface area contributed by atoms with E-state index in [1.807, 2.05) is 6.92 Å². The number of sulfonamides is 1. The second kappa shape index (κ2) is 6.97. The Labute approximate surface area is 121 Å². The smallest absolute Gasteiger partial charge is 0.306 e. The SMILES string of the molecule is CCCCCN(C)S(=O)(=O)c1cc([N+](=O)[O-])c(NN)s1. The summed E-state index contributed by atoms with van der Waals surface area (Å²) in [4.78, 5) is 10.1. The summed E-state index contributed by atoms with van der Waals surface area (Å²) >= 11 is 0.755. The van der Waals surface area contributed by atoms with Crippen molar-refractivity contribution in [1.29, 1.82) is 0 Å². The molecule has 0 aliphatic heterocycles. The zero-order chi connectivity index (χ0) is 15.3. The van der Waals surface area contributed by atoms with Crippen LogP contribution in [0, 0.1) is 10.1 Å². The van der Waals surface area contributed by atoms with Gasteiger partial charge in [0, 0.05) is 19.7 Å². The lowest BCUT2D eigenvalue weighted by atomic mass is 10.2. The Kier molecular flexibility index (Phi) is 5.87. The monoisotopic (exact) mass is 322 g/mol. The summed E-state index contributed by atoms with van der Waals surface area (Å²) in [5.74, 6) is 5.17. The standard InChI is InChI=1S/C10H18N4O4S2/c1-3-4-5-6-13(2)20(17,18)9-7-8(14(15)16)10(12-11)19-9/h7,12H,3-6,11H2,1-2H3. The van der Waals surface area contributed by atoms with E-state index < -0.39 is 14.9 Å². The van der Waals surface area contributed by atoms with E-state index in [1.54, 1.807) is 0 Å². The summed E-state index contributed by atoms with van der Waals surface area (Å²) in [6, 6.07) is 1.03. The van der Waals surface area contributed by atoms with Gasteiger partial charge in [0.05, 0.1) is 4.92 Å². The van der Waals surface area contributed by atoms with Crippen molar-refractivity contribution in [3.63, 3.8) is 0 Å². The number of unbranched alkanes of at least 4 members (excludes halogenated alkanes) is 2. The number of rotatable bonds is 8. The molecule has 10 heteroatoms. The van der Waals surface area contributed by atoms with Crippen LogP contribution in [0.2, 0.25) is 0 Å².